The number of hydroxylamine groups is 2. The Morgan fingerprint density at radius 1 is 1.48 bits per heavy atom. The third-order valence-electron chi connectivity index (χ3n) is 3.08. The molecular formula is C9H11N5O6S. The van der Waals surface area contributed by atoms with Crippen LogP contribution in [0.4, 0.5) is 4.79 Å². The fourth-order valence-electron chi connectivity index (χ4n) is 2.23. The van der Waals surface area contributed by atoms with Crippen LogP contribution >= 0.6 is 0 Å². The minimum Gasteiger partial charge on any atom is -0.390 e. The molecule has 1 unspecified atom stereocenters. The van der Waals surface area contributed by atoms with Gasteiger partial charge in [-0.05, 0) is 6.08 Å². The first-order valence-corrected chi connectivity index (χ1v) is 7.22. The SMILES string of the molecule is O=C1N2CC(n3cc(CO)nn3)=CC(C2)N1OS(=O)(=O)O. The van der Waals surface area contributed by atoms with Crippen molar-refractivity contribution in [1.29, 1.82) is 0 Å². The summed E-state index contributed by atoms with van der Waals surface area (Å²) in [5.74, 6) is 0. The third-order valence-corrected chi connectivity index (χ3v) is 3.43. The Hall–Kier alpha value is -2.02. The van der Waals surface area contributed by atoms with Crippen molar-refractivity contribution in [3.05, 3.63) is 18.0 Å². The molecule has 1 atom stereocenters. The van der Waals surface area contributed by atoms with Crippen molar-refractivity contribution < 1.29 is 27.2 Å². The number of carbonyl (C=O) groups excluding carboxylic acids is 1. The second kappa shape index (κ2) is 4.77. The standard InChI is InChI=1S/C9H11N5O6S/c15-5-6-2-13(11-10-6)7-1-8-4-12(3-7)9(16)14(8)20-21(17,18)19/h1-2,8,15H,3-5H2,(H,17,18,19). The summed E-state index contributed by atoms with van der Waals surface area (Å²) < 4.78 is 35.9. The number of aliphatic hydroxyl groups excluding tert-OH is 1. The molecule has 11 nitrogen and oxygen atoms in total. The highest BCUT2D eigenvalue weighted by atomic mass is 32.3. The number of hydrogen-bond acceptors (Lipinski definition) is 7. The number of amides is 2. The minimum atomic E-state index is -4.78. The average molecular weight is 317 g/mol. The van der Waals surface area contributed by atoms with E-state index in [1.54, 1.807) is 6.08 Å². The molecule has 0 aromatic carbocycles. The van der Waals surface area contributed by atoms with E-state index < -0.39 is 22.5 Å². The zero-order valence-electron chi connectivity index (χ0n) is 10.5. The molecule has 1 saturated heterocycles. The van der Waals surface area contributed by atoms with Gasteiger partial charge in [0.2, 0.25) is 0 Å². The maximum Gasteiger partial charge on any atom is 0.418 e. The Morgan fingerprint density at radius 2 is 2.24 bits per heavy atom. The van der Waals surface area contributed by atoms with Gasteiger partial charge in [0, 0.05) is 6.54 Å². The Labute approximate surface area is 118 Å². The van der Waals surface area contributed by atoms with Gasteiger partial charge in [0.05, 0.1) is 25.0 Å². The highest BCUT2D eigenvalue weighted by Gasteiger charge is 2.43. The van der Waals surface area contributed by atoms with Crippen molar-refractivity contribution in [1.82, 2.24) is 25.0 Å². The molecule has 3 rings (SSSR count). The van der Waals surface area contributed by atoms with Gasteiger partial charge in [-0.2, -0.15) is 13.5 Å². The van der Waals surface area contributed by atoms with E-state index in [0.29, 0.717) is 16.5 Å². The second-order valence-corrected chi connectivity index (χ2v) is 5.53. The maximum absolute atomic E-state index is 11.9. The predicted octanol–water partition coefficient (Wildman–Crippen LogP) is -1.53. The number of rotatable bonds is 4. The average Bonchev–Trinajstić information content (AvgIpc) is 2.97. The molecule has 2 amide bonds. The van der Waals surface area contributed by atoms with E-state index in [-0.39, 0.29) is 19.7 Å². The van der Waals surface area contributed by atoms with Crippen LogP contribution in [0.2, 0.25) is 0 Å². The van der Waals surface area contributed by atoms with Gasteiger partial charge < -0.3 is 10.0 Å². The fraction of sp³-hybridized carbons (Fsp3) is 0.444. The quantitative estimate of drug-likeness (QED) is 0.637. The van der Waals surface area contributed by atoms with Crippen molar-refractivity contribution in [3.63, 3.8) is 0 Å². The van der Waals surface area contributed by atoms with E-state index >= 15 is 0 Å². The molecule has 2 aliphatic heterocycles. The Morgan fingerprint density at radius 3 is 2.86 bits per heavy atom. The van der Waals surface area contributed by atoms with Crippen LogP contribution in [0, 0.1) is 0 Å². The van der Waals surface area contributed by atoms with Gasteiger partial charge in [0.25, 0.3) is 0 Å². The lowest BCUT2D eigenvalue weighted by atomic mass is 10.2. The van der Waals surface area contributed by atoms with Gasteiger partial charge in [-0.3, -0.25) is 4.55 Å². The summed E-state index contributed by atoms with van der Waals surface area (Å²) in [7, 11) is -4.78. The lowest BCUT2D eigenvalue weighted by Gasteiger charge is -2.20. The van der Waals surface area contributed by atoms with Crippen LogP contribution in [0.25, 0.3) is 5.70 Å². The minimum absolute atomic E-state index is 0.175. The van der Waals surface area contributed by atoms with Gasteiger partial charge in [-0.25, -0.2) is 9.48 Å². The van der Waals surface area contributed by atoms with E-state index in [1.165, 1.54) is 15.8 Å². The molecule has 0 radical (unpaired) electrons. The highest BCUT2D eigenvalue weighted by Crippen LogP contribution is 2.27. The molecule has 0 spiro atoms. The number of urea groups is 1. The summed E-state index contributed by atoms with van der Waals surface area (Å²) in [6.45, 7) is 0.144. The lowest BCUT2D eigenvalue weighted by Crippen LogP contribution is -2.35. The molecule has 12 heteroatoms. The Bertz CT molecular complexity index is 712. The first kappa shape index (κ1) is 13.9. The smallest absolute Gasteiger partial charge is 0.390 e. The third kappa shape index (κ3) is 2.61. The second-order valence-electron chi connectivity index (χ2n) is 4.53. The normalized spacial score (nSPS) is 21.9. The molecule has 2 N–H and O–H groups in total. The molecule has 114 valence electrons. The van der Waals surface area contributed by atoms with Gasteiger partial charge in [-0.1, -0.05) is 5.21 Å². The number of fused-ring (bicyclic) bond motifs is 2. The molecule has 1 aromatic heterocycles. The number of hydrogen-bond donors (Lipinski definition) is 2. The fourth-order valence-corrected chi connectivity index (χ4v) is 2.61. The van der Waals surface area contributed by atoms with Crippen LogP contribution in [0.3, 0.4) is 0 Å². The summed E-state index contributed by atoms with van der Waals surface area (Å²) in [6.07, 6.45) is 3.08. The topological polar surface area (TPSA) is 138 Å². The van der Waals surface area contributed by atoms with Crippen LogP contribution < -0.4 is 0 Å². The first-order chi connectivity index (χ1) is 9.87. The van der Waals surface area contributed by atoms with Crippen molar-refractivity contribution in [3.8, 4) is 0 Å². The molecule has 1 fully saturated rings. The van der Waals surface area contributed by atoms with E-state index in [4.69, 9.17) is 9.66 Å². The van der Waals surface area contributed by atoms with Crippen LogP contribution in [0.1, 0.15) is 5.69 Å². The largest absolute Gasteiger partial charge is 0.418 e. The van der Waals surface area contributed by atoms with E-state index in [1.807, 2.05) is 0 Å². The van der Waals surface area contributed by atoms with Crippen molar-refractivity contribution in [2.24, 2.45) is 0 Å². The van der Waals surface area contributed by atoms with Crippen molar-refractivity contribution in [2.75, 3.05) is 13.1 Å². The summed E-state index contributed by atoms with van der Waals surface area (Å²) in [4.78, 5) is 13.3. The van der Waals surface area contributed by atoms with Gasteiger partial charge in [0.15, 0.2) is 0 Å². The summed E-state index contributed by atoms with van der Waals surface area (Å²) >= 11 is 0. The number of aromatic nitrogens is 3. The van der Waals surface area contributed by atoms with Crippen molar-refractivity contribution >= 4 is 22.1 Å². The van der Waals surface area contributed by atoms with E-state index in [0.717, 1.165) is 0 Å². The van der Waals surface area contributed by atoms with Crippen LogP contribution in [-0.2, 0) is 21.3 Å². The predicted molar refractivity (Wildman–Crippen MR) is 65.4 cm³/mol. The highest BCUT2D eigenvalue weighted by molar-refractivity contribution is 7.80. The number of aliphatic hydroxyl groups is 1. The molecule has 3 heterocycles. The van der Waals surface area contributed by atoms with Crippen LogP contribution in [0.5, 0.6) is 0 Å². The summed E-state index contributed by atoms with van der Waals surface area (Å²) in [5.41, 5.74) is 0.939. The molecular weight excluding hydrogens is 306 g/mol. The molecule has 2 aliphatic rings. The zero-order chi connectivity index (χ0) is 15.2. The van der Waals surface area contributed by atoms with Gasteiger partial charge >= 0.3 is 16.4 Å². The maximum atomic E-state index is 11.9. The Balaban J connectivity index is 1.88. The zero-order valence-corrected chi connectivity index (χ0v) is 11.3. The molecule has 0 saturated carbocycles. The number of nitrogens with zero attached hydrogens (tertiary/aromatic N) is 5. The first-order valence-electron chi connectivity index (χ1n) is 5.85. The number of carbonyl (C=O) groups is 1. The molecule has 21 heavy (non-hydrogen) atoms. The molecule has 0 aliphatic carbocycles. The molecule has 2 bridgehead atoms. The van der Waals surface area contributed by atoms with E-state index in [2.05, 4.69) is 14.6 Å². The van der Waals surface area contributed by atoms with Gasteiger partial charge in [-0.15, -0.1) is 9.38 Å². The van der Waals surface area contributed by atoms with Crippen molar-refractivity contribution in [2.45, 2.75) is 12.6 Å². The monoisotopic (exact) mass is 317 g/mol. The summed E-state index contributed by atoms with van der Waals surface area (Å²) in [6, 6.07) is -1.35. The van der Waals surface area contributed by atoms with Crippen LogP contribution in [-0.4, -0.2) is 68.2 Å². The van der Waals surface area contributed by atoms with E-state index in [9.17, 15) is 13.2 Å². The van der Waals surface area contributed by atoms with Gasteiger partial charge in [0.1, 0.15) is 11.7 Å². The molecule has 1 aromatic rings. The summed E-state index contributed by atoms with van der Waals surface area (Å²) in [5, 5.41) is 17.1. The van der Waals surface area contributed by atoms with Crippen LogP contribution in [0.15, 0.2) is 12.3 Å². The Kier molecular flexibility index (Phi) is 3.16. The lowest BCUT2D eigenvalue weighted by molar-refractivity contribution is -0.0183.